The van der Waals surface area contributed by atoms with Gasteiger partial charge in [0.2, 0.25) is 0 Å². The van der Waals surface area contributed by atoms with E-state index in [-0.39, 0.29) is 0 Å². The number of pyridine rings is 1. The summed E-state index contributed by atoms with van der Waals surface area (Å²) < 4.78 is 1.24. The molecule has 312 valence electrons. The van der Waals surface area contributed by atoms with E-state index < -0.39 is 0 Å². The van der Waals surface area contributed by atoms with Gasteiger partial charge in [-0.25, -0.2) is 19.9 Å². The molecular weight excluding hydrogens is 833 g/mol. The number of hydrogen-bond acceptors (Lipinski definition) is 5. The van der Waals surface area contributed by atoms with Gasteiger partial charge < -0.3 is 0 Å². The molecule has 0 unspecified atom stereocenters. The normalized spacial score (nSPS) is 11.6. The summed E-state index contributed by atoms with van der Waals surface area (Å²) in [6, 6.07) is 81.7. The second kappa shape index (κ2) is 16.1. The molecule has 0 saturated carbocycles. The molecule has 0 spiro atoms. The first-order valence-corrected chi connectivity index (χ1v) is 23.4. The molecule has 67 heavy (non-hydrogen) atoms. The van der Waals surface area contributed by atoms with Crippen LogP contribution in [0.5, 0.6) is 0 Å². The molecule has 13 rings (SSSR count). The summed E-state index contributed by atoms with van der Waals surface area (Å²) in [7, 11) is 0. The van der Waals surface area contributed by atoms with Gasteiger partial charge in [0.05, 0.1) is 11.2 Å². The van der Waals surface area contributed by atoms with E-state index in [0.717, 1.165) is 55.5 Å². The van der Waals surface area contributed by atoms with Crippen molar-refractivity contribution in [3.8, 4) is 78.1 Å². The lowest BCUT2D eigenvalue weighted by molar-refractivity contribution is 1.07. The third-order valence-electron chi connectivity index (χ3n) is 12.9. The molecule has 0 bridgehead atoms. The Morgan fingerprint density at radius 3 is 1.19 bits per heavy atom. The van der Waals surface area contributed by atoms with E-state index in [1.807, 2.05) is 72.0 Å². The molecule has 0 saturated heterocycles. The zero-order valence-electron chi connectivity index (χ0n) is 36.1. The van der Waals surface area contributed by atoms with Crippen molar-refractivity contribution in [2.45, 2.75) is 0 Å². The van der Waals surface area contributed by atoms with Gasteiger partial charge >= 0.3 is 0 Å². The van der Waals surface area contributed by atoms with Crippen LogP contribution in [0.1, 0.15) is 0 Å². The lowest BCUT2D eigenvalue weighted by Crippen LogP contribution is -2.00. The molecule has 0 aliphatic rings. The lowest BCUT2D eigenvalue weighted by Gasteiger charge is -2.13. The van der Waals surface area contributed by atoms with Crippen LogP contribution >= 0.6 is 11.3 Å². The second-order valence-corrected chi connectivity index (χ2v) is 17.9. The van der Waals surface area contributed by atoms with E-state index in [1.165, 1.54) is 58.4 Å². The van der Waals surface area contributed by atoms with Crippen LogP contribution in [0.15, 0.2) is 231 Å². The Hall–Kier alpha value is -8.64. The van der Waals surface area contributed by atoms with Crippen LogP contribution < -0.4 is 0 Å². The van der Waals surface area contributed by atoms with E-state index in [4.69, 9.17) is 19.9 Å². The van der Waals surface area contributed by atoms with E-state index in [2.05, 4.69) is 170 Å². The smallest absolute Gasteiger partial charge is 0.164 e. The summed E-state index contributed by atoms with van der Waals surface area (Å²) >= 11 is 1.87. The van der Waals surface area contributed by atoms with Crippen molar-refractivity contribution in [2.75, 3.05) is 0 Å². The molecule has 10 aromatic carbocycles. The van der Waals surface area contributed by atoms with Crippen LogP contribution in [0.3, 0.4) is 0 Å². The first-order chi connectivity index (χ1) is 33.2. The molecule has 3 heterocycles. The fourth-order valence-electron chi connectivity index (χ4n) is 9.70. The van der Waals surface area contributed by atoms with Gasteiger partial charge in [-0.3, -0.25) is 0 Å². The minimum atomic E-state index is 0.636. The fraction of sp³-hybridized carbons (Fsp3) is 0. The predicted octanol–water partition coefficient (Wildman–Crippen LogP) is 16.8. The molecule has 0 radical (unpaired) electrons. The van der Waals surface area contributed by atoms with Gasteiger partial charge in [-0.05, 0) is 66.7 Å². The maximum absolute atomic E-state index is 5.43. The molecule has 3 aromatic heterocycles. The van der Waals surface area contributed by atoms with Crippen LogP contribution in [-0.4, -0.2) is 19.9 Å². The van der Waals surface area contributed by atoms with Gasteiger partial charge in [0.25, 0.3) is 0 Å². The Morgan fingerprint density at radius 1 is 0.269 bits per heavy atom. The molecule has 4 nitrogen and oxygen atoms in total. The second-order valence-electron chi connectivity index (χ2n) is 16.9. The first-order valence-electron chi connectivity index (χ1n) is 22.5. The van der Waals surface area contributed by atoms with Gasteiger partial charge in [0.1, 0.15) is 0 Å². The zero-order chi connectivity index (χ0) is 44.3. The topological polar surface area (TPSA) is 51.6 Å². The van der Waals surface area contributed by atoms with Crippen LogP contribution in [0, 0.1) is 0 Å². The molecule has 0 amide bonds. The van der Waals surface area contributed by atoms with E-state index in [9.17, 15) is 0 Å². The Balaban J connectivity index is 0.961. The highest BCUT2D eigenvalue weighted by atomic mass is 32.1. The van der Waals surface area contributed by atoms with Gasteiger partial charge in [-0.2, -0.15) is 0 Å². The lowest BCUT2D eigenvalue weighted by atomic mass is 9.91. The summed E-state index contributed by atoms with van der Waals surface area (Å²) in [6.07, 6.45) is 0. The fourth-order valence-corrected chi connectivity index (χ4v) is 11.1. The summed E-state index contributed by atoms with van der Waals surface area (Å²) in [5.41, 5.74) is 11.7. The van der Waals surface area contributed by atoms with Gasteiger partial charge in [0.15, 0.2) is 17.5 Å². The van der Waals surface area contributed by atoms with Crippen molar-refractivity contribution in [1.29, 1.82) is 0 Å². The molecule has 0 N–H and O–H groups in total. The third-order valence-corrected chi connectivity index (χ3v) is 14.2. The summed E-state index contributed by atoms with van der Waals surface area (Å²) in [5.74, 6) is 1.93. The highest BCUT2D eigenvalue weighted by molar-refractivity contribution is 7.24. The van der Waals surface area contributed by atoms with Crippen LogP contribution in [0.4, 0.5) is 0 Å². The minimum absolute atomic E-state index is 0.636. The maximum atomic E-state index is 5.43. The number of para-hydroxylation sites is 1. The van der Waals surface area contributed by atoms with Crippen molar-refractivity contribution in [1.82, 2.24) is 19.9 Å². The quantitative estimate of drug-likeness (QED) is 0.150. The van der Waals surface area contributed by atoms with Gasteiger partial charge in [-0.1, -0.05) is 218 Å². The number of hydrogen-bond donors (Lipinski definition) is 0. The number of aromatic nitrogens is 4. The SMILES string of the molecule is c1ccc(-c2nc(-c3ccccc3)nc(-c3ccc(-c4ccc(-c5c(-c6ccc7c8ccccc8c8ccccc8c7c6)sc6c5c(-c5ccccc5)nc5ccccc56)cc4)cc3)n2)cc1. The number of nitrogens with zero attached hydrogens (tertiary/aromatic N) is 4. The van der Waals surface area contributed by atoms with E-state index >= 15 is 0 Å². The third kappa shape index (κ3) is 6.75. The monoisotopic (exact) mass is 870 g/mol. The Kier molecular flexibility index (Phi) is 9.32. The number of benzene rings is 10. The average Bonchev–Trinajstić information content (AvgIpc) is 3.82. The molecule has 13 aromatic rings. The molecule has 0 fully saturated rings. The summed E-state index contributed by atoms with van der Waals surface area (Å²) in [5, 5.41) is 9.93. The molecule has 0 atom stereocenters. The van der Waals surface area contributed by atoms with E-state index in [0.29, 0.717) is 17.5 Å². The Bertz CT molecular complexity index is 3910. The zero-order valence-corrected chi connectivity index (χ0v) is 37.0. The van der Waals surface area contributed by atoms with E-state index in [1.54, 1.807) is 0 Å². The predicted molar refractivity (Wildman–Crippen MR) is 281 cm³/mol. The van der Waals surface area contributed by atoms with Gasteiger partial charge in [-0.15, -0.1) is 11.3 Å². The van der Waals surface area contributed by atoms with Gasteiger partial charge in [0, 0.05) is 48.2 Å². The largest absolute Gasteiger partial charge is 0.247 e. The summed E-state index contributed by atoms with van der Waals surface area (Å²) in [4.78, 5) is 21.5. The maximum Gasteiger partial charge on any atom is 0.164 e. The standard InChI is InChI=1S/C62H38N4S/c1-4-16-42(17-5-1)57-56-55(41-32-28-39(29-33-41)40-30-34-45(35-31-40)62-65-60(43-18-6-2-7-19-43)64-61(66-62)44-20-8-3-9-21-44)58(67-59(56)52-26-14-15-27-54(52)63-57)46-36-37-51-49-24-11-10-22-47(49)48-23-12-13-25-50(48)53(51)38-46/h1-38H. The van der Waals surface area contributed by atoms with Crippen LogP contribution in [-0.2, 0) is 0 Å². The van der Waals surface area contributed by atoms with Crippen molar-refractivity contribution in [3.05, 3.63) is 231 Å². The average molecular weight is 871 g/mol. The first kappa shape index (κ1) is 38.8. The number of thiophene rings is 1. The minimum Gasteiger partial charge on any atom is -0.247 e. The highest BCUT2D eigenvalue weighted by Gasteiger charge is 2.23. The Labute approximate surface area is 391 Å². The van der Waals surface area contributed by atoms with Crippen molar-refractivity contribution < 1.29 is 0 Å². The van der Waals surface area contributed by atoms with Crippen LogP contribution in [0.2, 0.25) is 0 Å². The van der Waals surface area contributed by atoms with Crippen molar-refractivity contribution in [2.24, 2.45) is 0 Å². The molecular formula is C62H38N4S. The summed E-state index contributed by atoms with van der Waals surface area (Å²) in [6.45, 7) is 0. The molecule has 5 heteroatoms. The molecule has 0 aliphatic heterocycles. The highest BCUT2D eigenvalue weighted by Crippen LogP contribution is 2.51. The number of rotatable bonds is 7. The Morgan fingerprint density at radius 2 is 0.657 bits per heavy atom. The van der Waals surface area contributed by atoms with Crippen LogP contribution in [0.25, 0.3) is 131 Å². The van der Waals surface area contributed by atoms with Crippen molar-refractivity contribution in [3.63, 3.8) is 0 Å². The molecule has 0 aliphatic carbocycles. The number of fused-ring (bicyclic) bond motifs is 9. The van der Waals surface area contributed by atoms with Crippen molar-refractivity contribution >= 4 is 64.6 Å².